The van der Waals surface area contributed by atoms with Gasteiger partial charge in [0.1, 0.15) is 0 Å². The van der Waals surface area contributed by atoms with Gasteiger partial charge in [0.25, 0.3) is 0 Å². The van der Waals surface area contributed by atoms with Gasteiger partial charge in [-0.1, -0.05) is 27.2 Å². The van der Waals surface area contributed by atoms with Crippen molar-refractivity contribution in [2.45, 2.75) is 53.0 Å². The highest BCUT2D eigenvalue weighted by Crippen LogP contribution is 2.35. The molecule has 0 aromatic heterocycles. The number of rotatable bonds is 3. The van der Waals surface area contributed by atoms with Crippen molar-refractivity contribution in [1.82, 2.24) is 0 Å². The molecule has 19 heavy (non-hydrogen) atoms. The number of hydrogen-bond acceptors (Lipinski definition) is 1. The van der Waals surface area contributed by atoms with Crippen LogP contribution in [0.5, 0.6) is 0 Å². The van der Waals surface area contributed by atoms with Crippen molar-refractivity contribution in [1.29, 1.82) is 0 Å². The monoisotopic (exact) mass is 371 g/mol. The molecular formula is C17H26IN. The Morgan fingerprint density at radius 3 is 2.63 bits per heavy atom. The lowest BCUT2D eigenvalue weighted by molar-refractivity contribution is 0.212. The molecule has 1 nitrogen and oxygen atoms in total. The van der Waals surface area contributed by atoms with Crippen LogP contribution >= 0.6 is 22.6 Å². The molecule has 1 aromatic carbocycles. The topological polar surface area (TPSA) is 12.0 Å². The molecule has 0 bridgehead atoms. The summed E-state index contributed by atoms with van der Waals surface area (Å²) < 4.78 is 1.32. The predicted octanol–water partition coefficient (Wildman–Crippen LogP) is 5.47. The highest BCUT2D eigenvalue weighted by atomic mass is 127. The zero-order valence-electron chi connectivity index (χ0n) is 12.5. The van der Waals surface area contributed by atoms with E-state index in [1.807, 2.05) is 0 Å². The molecular weight excluding hydrogens is 345 g/mol. The van der Waals surface area contributed by atoms with Gasteiger partial charge in [-0.3, -0.25) is 0 Å². The molecule has 0 amide bonds. The van der Waals surface area contributed by atoms with Crippen LogP contribution in [-0.2, 0) is 0 Å². The molecule has 3 unspecified atom stereocenters. The van der Waals surface area contributed by atoms with E-state index in [2.05, 4.69) is 73.8 Å². The maximum Gasteiger partial charge on any atom is 0.0372 e. The molecule has 0 radical (unpaired) electrons. The molecule has 1 saturated carbocycles. The van der Waals surface area contributed by atoms with Crippen molar-refractivity contribution in [3.8, 4) is 0 Å². The van der Waals surface area contributed by atoms with Gasteiger partial charge in [0.05, 0.1) is 0 Å². The Kier molecular flexibility index (Phi) is 5.15. The second-order valence-electron chi connectivity index (χ2n) is 6.54. The quantitative estimate of drug-likeness (QED) is 0.695. The molecule has 2 heteroatoms. The van der Waals surface area contributed by atoms with Gasteiger partial charge in [-0.05, 0) is 83.9 Å². The summed E-state index contributed by atoms with van der Waals surface area (Å²) in [4.78, 5) is 0. The van der Waals surface area contributed by atoms with Crippen molar-refractivity contribution >= 4 is 28.3 Å². The first-order valence-electron chi connectivity index (χ1n) is 7.50. The Labute approximate surface area is 131 Å². The minimum absolute atomic E-state index is 0.641. The molecule has 3 atom stereocenters. The Hall–Kier alpha value is -0.250. The highest BCUT2D eigenvalue weighted by molar-refractivity contribution is 14.1. The fraction of sp³-hybridized carbons (Fsp3) is 0.647. The van der Waals surface area contributed by atoms with Gasteiger partial charge in [0.15, 0.2) is 0 Å². The van der Waals surface area contributed by atoms with Gasteiger partial charge in [-0.2, -0.15) is 0 Å². The molecule has 1 aromatic rings. The number of anilines is 1. The van der Waals surface area contributed by atoms with E-state index in [-0.39, 0.29) is 0 Å². The Balaban J connectivity index is 2.14. The van der Waals surface area contributed by atoms with Gasteiger partial charge in [0, 0.05) is 15.3 Å². The van der Waals surface area contributed by atoms with Crippen molar-refractivity contribution in [2.75, 3.05) is 5.32 Å². The third-order valence-corrected chi connectivity index (χ3v) is 5.22. The summed E-state index contributed by atoms with van der Waals surface area (Å²) in [7, 11) is 0. The minimum Gasteiger partial charge on any atom is -0.382 e. The normalized spacial score (nSPS) is 27.6. The van der Waals surface area contributed by atoms with E-state index in [0.29, 0.717) is 6.04 Å². The van der Waals surface area contributed by atoms with E-state index in [4.69, 9.17) is 0 Å². The number of benzene rings is 1. The van der Waals surface area contributed by atoms with Crippen molar-refractivity contribution in [2.24, 2.45) is 17.8 Å². The van der Waals surface area contributed by atoms with E-state index >= 15 is 0 Å². The smallest absolute Gasteiger partial charge is 0.0372 e. The van der Waals surface area contributed by atoms with Gasteiger partial charge in [-0.15, -0.1) is 0 Å². The standard InChI is InChI=1S/C17H26IN/c1-11(2)15-7-5-12(3)9-17(15)19-16-8-6-14(18)10-13(16)4/h6,8,10-12,15,17,19H,5,7,9H2,1-4H3. The van der Waals surface area contributed by atoms with Crippen LogP contribution in [0.3, 0.4) is 0 Å². The summed E-state index contributed by atoms with van der Waals surface area (Å²) in [5.74, 6) is 2.45. The largest absolute Gasteiger partial charge is 0.382 e. The molecule has 0 aliphatic heterocycles. The molecule has 1 aliphatic rings. The number of hydrogen-bond donors (Lipinski definition) is 1. The van der Waals surface area contributed by atoms with Gasteiger partial charge < -0.3 is 5.32 Å². The van der Waals surface area contributed by atoms with Crippen LogP contribution < -0.4 is 5.32 Å². The van der Waals surface area contributed by atoms with E-state index in [9.17, 15) is 0 Å². The van der Waals surface area contributed by atoms with E-state index < -0.39 is 0 Å². The van der Waals surface area contributed by atoms with Crippen molar-refractivity contribution in [3.63, 3.8) is 0 Å². The second-order valence-corrected chi connectivity index (χ2v) is 7.78. The van der Waals surface area contributed by atoms with Gasteiger partial charge >= 0.3 is 0 Å². The van der Waals surface area contributed by atoms with Crippen LogP contribution in [-0.4, -0.2) is 6.04 Å². The lowest BCUT2D eigenvalue weighted by Crippen LogP contribution is -2.38. The first kappa shape index (κ1) is 15.1. The van der Waals surface area contributed by atoms with Crippen molar-refractivity contribution in [3.05, 3.63) is 27.3 Å². The predicted molar refractivity (Wildman–Crippen MR) is 92.6 cm³/mol. The fourth-order valence-corrected chi connectivity index (χ4v) is 4.00. The lowest BCUT2D eigenvalue weighted by Gasteiger charge is -2.38. The molecule has 1 fully saturated rings. The lowest BCUT2D eigenvalue weighted by atomic mass is 9.74. The van der Waals surface area contributed by atoms with Crippen molar-refractivity contribution < 1.29 is 0 Å². The summed E-state index contributed by atoms with van der Waals surface area (Å²) in [6.07, 6.45) is 4.08. The zero-order valence-corrected chi connectivity index (χ0v) is 14.7. The molecule has 106 valence electrons. The molecule has 0 saturated heterocycles. The molecule has 0 spiro atoms. The van der Waals surface area contributed by atoms with Crippen LogP contribution in [0.2, 0.25) is 0 Å². The van der Waals surface area contributed by atoms with E-state index in [1.165, 1.54) is 34.1 Å². The van der Waals surface area contributed by atoms with Crippen LogP contribution in [0.15, 0.2) is 18.2 Å². The molecule has 1 N–H and O–H groups in total. The number of aryl methyl sites for hydroxylation is 1. The Bertz CT molecular complexity index is 427. The molecule has 1 aliphatic carbocycles. The van der Waals surface area contributed by atoms with Crippen LogP contribution in [0.1, 0.15) is 45.6 Å². The maximum absolute atomic E-state index is 3.83. The van der Waals surface area contributed by atoms with Crippen LogP contribution in [0, 0.1) is 28.2 Å². The fourth-order valence-electron chi connectivity index (χ4n) is 3.36. The average molecular weight is 371 g/mol. The Morgan fingerprint density at radius 2 is 2.00 bits per heavy atom. The summed E-state index contributed by atoms with van der Waals surface area (Å²) in [5, 5.41) is 3.83. The molecule has 0 heterocycles. The average Bonchev–Trinajstić information content (AvgIpc) is 2.32. The summed E-state index contributed by atoms with van der Waals surface area (Å²) >= 11 is 2.38. The molecule has 2 rings (SSSR count). The van der Waals surface area contributed by atoms with Gasteiger partial charge in [-0.25, -0.2) is 0 Å². The number of nitrogens with one attached hydrogen (secondary N) is 1. The number of halogens is 1. The first-order valence-corrected chi connectivity index (χ1v) is 8.58. The van der Waals surface area contributed by atoms with E-state index in [1.54, 1.807) is 0 Å². The summed E-state index contributed by atoms with van der Waals surface area (Å²) in [5.41, 5.74) is 2.69. The summed E-state index contributed by atoms with van der Waals surface area (Å²) in [6, 6.07) is 7.35. The van der Waals surface area contributed by atoms with Gasteiger partial charge in [0.2, 0.25) is 0 Å². The SMILES string of the molecule is Cc1cc(I)ccc1NC1CC(C)CCC1C(C)C. The zero-order chi connectivity index (χ0) is 14.0. The summed E-state index contributed by atoms with van der Waals surface area (Å²) in [6.45, 7) is 9.35. The van der Waals surface area contributed by atoms with Crippen LogP contribution in [0.25, 0.3) is 0 Å². The first-order chi connectivity index (χ1) is 8.97. The highest BCUT2D eigenvalue weighted by Gasteiger charge is 2.30. The minimum atomic E-state index is 0.641. The second kappa shape index (κ2) is 6.47. The maximum atomic E-state index is 3.83. The third kappa shape index (κ3) is 3.87. The van der Waals surface area contributed by atoms with Crippen LogP contribution in [0.4, 0.5) is 5.69 Å². The third-order valence-electron chi connectivity index (χ3n) is 4.55. The van der Waals surface area contributed by atoms with E-state index in [0.717, 1.165) is 17.8 Å². The Morgan fingerprint density at radius 1 is 1.26 bits per heavy atom.